The maximum absolute atomic E-state index is 13.4. The summed E-state index contributed by atoms with van der Waals surface area (Å²) in [6.45, 7) is 0. The van der Waals surface area contributed by atoms with E-state index in [2.05, 4.69) is 0 Å². The maximum atomic E-state index is 13.4. The fourth-order valence-corrected chi connectivity index (χ4v) is 1.73. The lowest BCUT2D eigenvalue weighted by molar-refractivity contribution is -0.0215. The monoisotopic (exact) mass is 246 g/mol. The van der Waals surface area contributed by atoms with E-state index in [0.717, 1.165) is 18.4 Å². The topological polar surface area (TPSA) is 9.23 Å². The molecule has 1 nitrogen and oxygen atoms in total. The fraction of sp³-hybridized carbons (Fsp3) is 0.333. The zero-order valence-corrected chi connectivity index (χ0v) is 8.80. The number of ether oxygens (including phenoxy) is 1. The van der Waals surface area contributed by atoms with Crippen molar-refractivity contribution in [3.63, 3.8) is 0 Å². The van der Waals surface area contributed by atoms with Crippen molar-refractivity contribution < 1.29 is 22.3 Å². The zero-order valence-electron chi connectivity index (χ0n) is 8.80. The van der Waals surface area contributed by atoms with Crippen LogP contribution < -0.4 is 0 Å². The van der Waals surface area contributed by atoms with Crippen LogP contribution in [0.25, 0.3) is 5.57 Å². The van der Waals surface area contributed by atoms with Gasteiger partial charge in [-0.15, -0.1) is 0 Å². The second kappa shape index (κ2) is 4.77. The predicted molar refractivity (Wildman–Crippen MR) is 54.4 cm³/mol. The molecule has 0 amide bonds. The summed E-state index contributed by atoms with van der Waals surface area (Å²) in [6.07, 6.45) is -2.14. The van der Waals surface area contributed by atoms with Crippen LogP contribution in [0.1, 0.15) is 18.4 Å². The quantitative estimate of drug-likeness (QED) is 0.722. The molecule has 0 bridgehead atoms. The molecule has 1 aliphatic heterocycles. The normalized spacial score (nSPS) is 20.1. The number of benzene rings is 1. The summed E-state index contributed by atoms with van der Waals surface area (Å²) in [6, 6.07) is 3.16. The highest BCUT2D eigenvalue weighted by Gasteiger charge is 2.25. The second-order valence-corrected chi connectivity index (χ2v) is 3.81. The summed E-state index contributed by atoms with van der Waals surface area (Å²) < 4.78 is 55.5. The van der Waals surface area contributed by atoms with Gasteiger partial charge in [0.25, 0.3) is 6.43 Å². The molecule has 0 fully saturated rings. The van der Waals surface area contributed by atoms with Crippen molar-refractivity contribution in [2.75, 3.05) is 0 Å². The Bertz CT molecular complexity index is 442. The average Bonchev–Trinajstić information content (AvgIpc) is 2.29. The van der Waals surface area contributed by atoms with E-state index >= 15 is 0 Å². The molecule has 1 atom stereocenters. The van der Waals surface area contributed by atoms with E-state index in [4.69, 9.17) is 4.74 Å². The van der Waals surface area contributed by atoms with Crippen LogP contribution in [0.4, 0.5) is 17.6 Å². The van der Waals surface area contributed by atoms with Crippen molar-refractivity contribution in [3.05, 3.63) is 41.7 Å². The van der Waals surface area contributed by atoms with Gasteiger partial charge in [-0.2, -0.15) is 0 Å². The van der Waals surface area contributed by atoms with Crippen LogP contribution in [0.2, 0.25) is 0 Å². The van der Waals surface area contributed by atoms with Crippen LogP contribution in [0.5, 0.6) is 0 Å². The van der Waals surface area contributed by atoms with Crippen molar-refractivity contribution in [1.82, 2.24) is 0 Å². The van der Waals surface area contributed by atoms with Crippen molar-refractivity contribution >= 4 is 5.57 Å². The van der Waals surface area contributed by atoms with E-state index in [9.17, 15) is 17.6 Å². The van der Waals surface area contributed by atoms with E-state index < -0.39 is 24.2 Å². The van der Waals surface area contributed by atoms with Gasteiger partial charge in [-0.05, 0) is 30.5 Å². The number of alkyl halides is 2. The van der Waals surface area contributed by atoms with Crippen molar-refractivity contribution in [3.8, 4) is 0 Å². The van der Waals surface area contributed by atoms with E-state index in [1.807, 2.05) is 0 Å². The van der Waals surface area contributed by atoms with Crippen molar-refractivity contribution in [1.29, 1.82) is 0 Å². The predicted octanol–water partition coefficient (Wildman–Crippen LogP) is 3.75. The summed E-state index contributed by atoms with van der Waals surface area (Å²) in [5.41, 5.74) is 0.665. The van der Waals surface area contributed by atoms with Crippen molar-refractivity contribution in [2.45, 2.75) is 25.4 Å². The first kappa shape index (κ1) is 12.0. The SMILES string of the molecule is Fc1ccc(C2=CO[C@@H](C(F)F)CC2)c(F)c1. The zero-order chi connectivity index (χ0) is 12.4. The fourth-order valence-electron chi connectivity index (χ4n) is 1.73. The Morgan fingerprint density at radius 2 is 2.00 bits per heavy atom. The Balaban J connectivity index is 2.19. The Morgan fingerprint density at radius 3 is 2.53 bits per heavy atom. The lowest BCUT2D eigenvalue weighted by atomic mass is 9.98. The van der Waals surface area contributed by atoms with Crippen LogP contribution in [0, 0.1) is 11.6 Å². The lowest BCUT2D eigenvalue weighted by Crippen LogP contribution is -2.22. The molecule has 0 aromatic heterocycles. The first-order chi connectivity index (χ1) is 8.08. The summed E-state index contributed by atoms with van der Waals surface area (Å²) in [7, 11) is 0. The number of rotatable bonds is 2. The van der Waals surface area contributed by atoms with Gasteiger partial charge in [0.1, 0.15) is 11.6 Å². The van der Waals surface area contributed by atoms with Crippen LogP contribution in [-0.2, 0) is 4.74 Å². The third-order valence-electron chi connectivity index (χ3n) is 2.64. The standard InChI is InChI=1S/C12H10F4O/c13-8-2-3-9(10(14)5-8)7-1-4-11(12(15)16)17-6-7/h2-3,5-6,11-12H,1,4H2/t11-/m1/s1. The molecule has 0 saturated heterocycles. The molecule has 0 spiro atoms. The summed E-state index contributed by atoms with van der Waals surface area (Å²) >= 11 is 0. The number of allylic oxidation sites excluding steroid dienone is 1. The second-order valence-electron chi connectivity index (χ2n) is 3.81. The minimum Gasteiger partial charge on any atom is -0.492 e. The average molecular weight is 246 g/mol. The van der Waals surface area contributed by atoms with Crippen LogP contribution in [0.15, 0.2) is 24.5 Å². The molecule has 0 N–H and O–H groups in total. The number of hydrogen-bond acceptors (Lipinski definition) is 1. The van der Waals surface area contributed by atoms with Crippen molar-refractivity contribution in [2.24, 2.45) is 0 Å². The summed E-state index contributed by atoms with van der Waals surface area (Å²) in [5.74, 6) is -1.38. The van der Waals surface area contributed by atoms with E-state index in [0.29, 0.717) is 5.57 Å². The van der Waals surface area contributed by atoms with Gasteiger partial charge in [0.05, 0.1) is 6.26 Å². The summed E-state index contributed by atoms with van der Waals surface area (Å²) in [4.78, 5) is 0. The van der Waals surface area contributed by atoms with Gasteiger partial charge >= 0.3 is 0 Å². The third kappa shape index (κ3) is 2.60. The minimum absolute atomic E-state index is 0.125. The van der Waals surface area contributed by atoms with Crippen LogP contribution in [0.3, 0.4) is 0 Å². The first-order valence-corrected chi connectivity index (χ1v) is 5.16. The van der Waals surface area contributed by atoms with Crippen LogP contribution >= 0.6 is 0 Å². The highest BCUT2D eigenvalue weighted by Crippen LogP contribution is 2.30. The largest absolute Gasteiger partial charge is 0.492 e. The molecule has 1 aromatic carbocycles. The molecule has 1 aromatic rings. The molecule has 0 saturated carbocycles. The molecule has 17 heavy (non-hydrogen) atoms. The van der Waals surface area contributed by atoms with Gasteiger partial charge < -0.3 is 4.74 Å². The molecular weight excluding hydrogens is 236 g/mol. The highest BCUT2D eigenvalue weighted by atomic mass is 19.3. The molecule has 92 valence electrons. The molecule has 5 heteroatoms. The maximum Gasteiger partial charge on any atom is 0.274 e. The van der Waals surface area contributed by atoms with E-state index in [-0.39, 0.29) is 18.4 Å². The van der Waals surface area contributed by atoms with E-state index in [1.165, 1.54) is 6.07 Å². The molecule has 1 aliphatic rings. The minimum atomic E-state index is -2.55. The van der Waals surface area contributed by atoms with Gasteiger partial charge in [0.15, 0.2) is 6.10 Å². The molecular formula is C12H10F4O. The van der Waals surface area contributed by atoms with Crippen LogP contribution in [-0.4, -0.2) is 12.5 Å². The summed E-state index contributed by atoms with van der Waals surface area (Å²) in [5, 5.41) is 0. The van der Waals surface area contributed by atoms with Gasteiger partial charge in [-0.25, -0.2) is 17.6 Å². The third-order valence-corrected chi connectivity index (χ3v) is 2.64. The van der Waals surface area contributed by atoms with E-state index in [1.54, 1.807) is 0 Å². The number of hydrogen-bond donors (Lipinski definition) is 0. The Hall–Kier alpha value is -1.52. The van der Waals surface area contributed by atoms with Gasteiger partial charge in [0, 0.05) is 11.6 Å². The van der Waals surface area contributed by atoms with Gasteiger partial charge in [0.2, 0.25) is 0 Å². The Kier molecular flexibility index (Phi) is 3.36. The lowest BCUT2D eigenvalue weighted by Gasteiger charge is -2.22. The Morgan fingerprint density at radius 1 is 1.24 bits per heavy atom. The highest BCUT2D eigenvalue weighted by molar-refractivity contribution is 5.65. The van der Waals surface area contributed by atoms with Gasteiger partial charge in [-0.1, -0.05) is 0 Å². The molecule has 0 aliphatic carbocycles. The smallest absolute Gasteiger partial charge is 0.274 e. The molecule has 1 heterocycles. The Labute approximate surface area is 95.7 Å². The van der Waals surface area contributed by atoms with Gasteiger partial charge in [-0.3, -0.25) is 0 Å². The molecule has 0 radical (unpaired) electrons. The molecule has 2 rings (SSSR count). The molecule has 0 unspecified atom stereocenters. The number of halogens is 4. The first-order valence-electron chi connectivity index (χ1n) is 5.16.